The van der Waals surface area contributed by atoms with Crippen LogP contribution in [-0.4, -0.2) is 27.5 Å². The standard InChI is InChI=1S/C9H15BrN4O/c10-8-12-9(11)13-14(8)5-1-3-7-4-2-6-15-7/h7H,1-6H2,(H2,11,13). The number of aryl methyl sites for hydroxylation is 1. The van der Waals surface area contributed by atoms with Gasteiger partial charge in [0, 0.05) is 13.2 Å². The highest BCUT2D eigenvalue weighted by molar-refractivity contribution is 9.10. The van der Waals surface area contributed by atoms with Crippen molar-refractivity contribution in [3.8, 4) is 0 Å². The number of rotatable bonds is 4. The smallest absolute Gasteiger partial charge is 0.240 e. The minimum atomic E-state index is 0.319. The maximum Gasteiger partial charge on any atom is 0.240 e. The minimum absolute atomic E-state index is 0.319. The first kappa shape index (κ1) is 10.9. The van der Waals surface area contributed by atoms with Crippen LogP contribution in [0.4, 0.5) is 5.95 Å². The summed E-state index contributed by atoms with van der Waals surface area (Å²) in [6, 6.07) is 0. The van der Waals surface area contributed by atoms with Gasteiger partial charge in [0.05, 0.1) is 6.10 Å². The van der Waals surface area contributed by atoms with E-state index in [1.165, 1.54) is 12.8 Å². The Morgan fingerprint density at radius 1 is 1.60 bits per heavy atom. The van der Waals surface area contributed by atoms with Gasteiger partial charge in [-0.25, -0.2) is 4.68 Å². The highest BCUT2D eigenvalue weighted by atomic mass is 79.9. The topological polar surface area (TPSA) is 66.0 Å². The van der Waals surface area contributed by atoms with Crippen molar-refractivity contribution in [1.82, 2.24) is 14.8 Å². The lowest BCUT2D eigenvalue weighted by Gasteiger charge is -2.08. The summed E-state index contributed by atoms with van der Waals surface area (Å²) in [4.78, 5) is 3.98. The summed E-state index contributed by atoms with van der Waals surface area (Å²) in [5.41, 5.74) is 5.48. The van der Waals surface area contributed by atoms with E-state index in [9.17, 15) is 0 Å². The van der Waals surface area contributed by atoms with E-state index in [1.54, 1.807) is 4.68 Å². The molecule has 1 aromatic rings. The highest BCUT2D eigenvalue weighted by Gasteiger charge is 2.15. The Morgan fingerprint density at radius 3 is 3.07 bits per heavy atom. The van der Waals surface area contributed by atoms with Crippen molar-refractivity contribution < 1.29 is 4.74 Å². The van der Waals surface area contributed by atoms with Gasteiger partial charge in [0.15, 0.2) is 4.73 Å². The average molecular weight is 275 g/mol. The number of hydrogen-bond acceptors (Lipinski definition) is 4. The summed E-state index contributed by atoms with van der Waals surface area (Å²) in [5.74, 6) is 0.319. The van der Waals surface area contributed by atoms with Crippen LogP contribution < -0.4 is 5.73 Å². The number of aromatic nitrogens is 3. The summed E-state index contributed by atoms with van der Waals surface area (Å²) >= 11 is 3.31. The van der Waals surface area contributed by atoms with Gasteiger partial charge in [-0.15, -0.1) is 5.10 Å². The second kappa shape index (κ2) is 4.94. The van der Waals surface area contributed by atoms with Gasteiger partial charge in [0.1, 0.15) is 0 Å². The first-order valence-corrected chi connectivity index (χ1v) is 6.02. The van der Waals surface area contributed by atoms with Crippen LogP contribution in [0.2, 0.25) is 0 Å². The lowest BCUT2D eigenvalue weighted by Crippen LogP contribution is -2.08. The molecule has 2 N–H and O–H groups in total. The first-order valence-electron chi connectivity index (χ1n) is 5.23. The van der Waals surface area contributed by atoms with E-state index in [-0.39, 0.29) is 0 Å². The number of halogens is 1. The zero-order valence-corrected chi connectivity index (χ0v) is 10.1. The molecule has 1 saturated heterocycles. The molecule has 6 heteroatoms. The summed E-state index contributed by atoms with van der Waals surface area (Å²) < 4.78 is 8.03. The SMILES string of the molecule is Nc1nc(Br)n(CCCC2CCCO2)n1. The average Bonchev–Trinajstić information content (AvgIpc) is 2.77. The zero-order valence-electron chi connectivity index (χ0n) is 8.53. The monoisotopic (exact) mass is 274 g/mol. The fraction of sp³-hybridized carbons (Fsp3) is 0.778. The Balaban J connectivity index is 1.75. The van der Waals surface area contributed by atoms with Gasteiger partial charge in [-0.3, -0.25) is 0 Å². The predicted molar refractivity (Wildman–Crippen MR) is 60.3 cm³/mol. The molecule has 1 aliphatic heterocycles. The van der Waals surface area contributed by atoms with E-state index < -0.39 is 0 Å². The van der Waals surface area contributed by atoms with Gasteiger partial charge in [-0.05, 0) is 41.6 Å². The molecule has 84 valence electrons. The van der Waals surface area contributed by atoms with Gasteiger partial charge in [-0.2, -0.15) is 4.98 Å². The van der Waals surface area contributed by atoms with Crippen LogP contribution in [0.15, 0.2) is 4.73 Å². The largest absolute Gasteiger partial charge is 0.378 e. The van der Waals surface area contributed by atoms with Crippen molar-refractivity contribution in [1.29, 1.82) is 0 Å². The molecule has 0 bridgehead atoms. The molecule has 2 rings (SSSR count). The molecule has 0 radical (unpaired) electrons. The van der Waals surface area contributed by atoms with E-state index in [2.05, 4.69) is 26.0 Å². The van der Waals surface area contributed by atoms with Gasteiger partial charge < -0.3 is 10.5 Å². The first-order chi connectivity index (χ1) is 7.25. The lowest BCUT2D eigenvalue weighted by molar-refractivity contribution is 0.101. The molecule has 1 atom stereocenters. The maximum atomic E-state index is 5.54. The third kappa shape index (κ3) is 2.92. The molecule has 15 heavy (non-hydrogen) atoms. The fourth-order valence-corrected chi connectivity index (χ4v) is 2.26. The van der Waals surface area contributed by atoms with E-state index in [1.807, 2.05) is 0 Å². The Labute approximate surface area is 97.1 Å². The zero-order chi connectivity index (χ0) is 10.7. The molecular weight excluding hydrogens is 260 g/mol. The normalized spacial score (nSPS) is 21.0. The van der Waals surface area contributed by atoms with Crippen molar-refractivity contribution in [2.75, 3.05) is 12.3 Å². The van der Waals surface area contributed by atoms with E-state index >= 15 is 0 Å². The van der Waals surface area contributed by atoms with Crippen molar-refractivity contribution in [2.45, 2.75) is 38.3 Å². The minimum Gasteiger partial charge on any atom is -0.378 e. The third-order valence-corrected chi connectivity index (χ3v) is 3.15. The van der Waals surface area contributed by atoms with E-state index in [0.29, 0.717) is 16.8 Å². The highest BCUT2D eigenvalue weighted by Crippen LogP contribution is 2.17. The Kier molecular flexibility index (Phi) is 3.58. The molecule has 0 aliphatic carbocycles. The summed E-state index contributed by atoms with van der Waals surface area (Å²) in [6.07, 6.45) is 4.98. The maximum absolute atomic E-state index is 5.54. The molecule has 0 spiro atoms. The molecule has 0 aromatic carbocycles. The molecule has 0 saturated carbocycles. The van der Waals surface area contributed by atoms with Crippen LogP contribution >= 0.6 is 15.9 Å². The number of nitrogens with two attached hydrogens (primary N) is 1. The molecule has 1 aromatic heterocycles. The van der Waals surface area contributed by atoms with Gasteiger partial charge >= 0.3 is 0 Å². The molecular formula is C9H15BrN4O. The molecule has 1 aliphatic rings. The van der Waals surface area contributed by atoms with Crippen LogP contribution in [0.3, 0.4) is 0 Å². The van der Waals surface area contributed by atoms with Crippen molar-refractivity contribution >= 4 is 21.9 Å². The van der Waals surface area contributed by atoms with E-state index in [4.69, 9.17) is 10.5 Å². The summed E-state index contributed by atoms with van der Waals surface area (Å²) in [5, 5.41) is 4.07. The third-order valence-electron chi connectivity index (χ3n) is 2.56. The van der Waals surface area contributed by atoms with Crippen LogP contribution in [0.1, 0.15) is 25.7 Å². The second-order valence-corrected chi connectivity index (χ2v) is 4.45. The predicted octanol–water partition coefficient (Wildman–Crippen LogP) is 1.58. The van der Waals surface area contributed by atoms with Gasteiger partial charge in [0.25, 0.3) is 0 Å². The van der Waals surface area contributed by atoms with Gasteiger partial charge in [-0.1, -0.05) is 0 Å². The van der Waals surface area contributed by atoms with Crippen LogP contribution in [0.5, 0.6) is 0 Å². The number of anilines is 1. The lowest BCUT2D eigenvalue weighted by atomic mass is 10.1. The van der Waals surface area contributed by atoms with E-state index in [0.717, 1.165) is 26.0 Å². The quantitative estimate of drug-likeness (QED) is 0.906. The van der Waals surface area contributed by atoms with Crippen molar-refractivity contribution in [2.24, 2.45) is 0 Å². The van der Waals surface area contributed by atoms with Gasteiger partial charge in [0.2, 0.25) is 5.95 Å². The number of hydrogen-bond donors (Lipinski definition) is 1. The molecule has 5 nitrogen and oxygen atoms in total. The summed E-state index contributed by atoms with van der Waals surface area (Å²) in [7, 11) is 0. The Hall–Kier alpha value is -0.620. The number of ether oxygens (including phenoxy) is 1. The number of nitrogen functional groups attached to an aromatic ring is 1. The molecule has 1 unspecified atom stereocenters. The fourth-order valence-electron chi connectivity index (χ4n) is 1.82. The van der Waals surface area contributed by atoms with Crippen LogP contribution in [-0.2, 0) is 11.3 Å². The van der Waals surface area contributed by atoms with Crippen molar-refractivity contribution in [3.63, 3.8) is 0 Å². The molecule has 1 fully saturated rings. The Bertz CT molecular complexity index is 322. The number of nitrogens with zero attached hydrogens (tertiary/aromatic N) is 3. The Morgan fingerprint density at radius 2 is 2.47 bits per heavy atom. The second-order valence-electron chi connectivity index (χ2n) is 3.74. The van der Waals surface area contributed by atoms with Crippen LogP contribution in [0.25, 0.3) is 0 Å². The molecule has 0 amide bonds. The summed E-state index contributed by atoms with van der Waals surface area (Å²) in [6.45, 7) is 1.76. The molecule has 2 heterocycles. The van der Waals surface area contributed by atoms with Crippen LogP contribution in [0, 0.1) is 0 Å². The van der Waals surface area contributed by atoms with Crippen molar-refractivity contribution in [3.05, 3.63) is 4.73 Å².